The first-order valence-electron chi connectivity index (χ1n) is 11.0. The first-order valence-corrected chi connectivity index (χ1v) is 12.5. The van der Waals surface area contributed by atoms with Crippen molar-refractivity contribution in [3.05, 3.63) is 29.8 Å². The molecule has 2 rings (SSSR count). The monoisotopic (exact) mass is 483 g/mol. The third kappa shape index (κ3) is 7.24. The number of ether oxygens (including phenoxy) is 2. The largest absolute Gasteiger partial charge is 0.451 e. The van der Waals surface area contributed by atoms with Crippen LogP contribution in [0.4, 0.5) is 0 Å². The van der Waals surface area contributed by atoms with Gasteiger partial charge in [-0.1, -0.05) is 26.8 Å². The van der Waals surface area contributed by atoms with E-state index in [0.717, 1.165) is 6.42 Å². The molecule has 184 valence electrons. The van der Waals surface area contributed by atoms with Gasteiger partial charge in [0.2, 0.25) is 10.0 Å². The lowest BCUT2D eigenvalue weighted by Gasteiger charge is -2.26. The zero-order chi connectivity index (χ0) is 24.6. The molecule has 1 heterocycles. The second-order valence-electron chi connectivity index (χ2n) is 8.11. The predicted molar refractivity (Wildman–Crippen MR) is 121 cm³/mol. The molecule has 11 heteroatoms. The number of carbonyl (C=O) groups excluding carboxylic acids is 3. The number of nitrogens with one attached hydrogen (secondary N) is 2. The molecule has 1 unspecified atom stereocenters. The van der Waals surface area contributed by atoms with Gasteiger partial charge in [0.05, 0.1) is 18.1 Å². The molecule has 0 aliphatic carbocycles. The Morgan fingerprint density at radius 3 is 2.42 bits per heavy atom. The van der Waals surface area contributed by atoms with Crippen LogP contribution >= 0.6 is 0 Å². The van der Waals surface area contributed by atoms with Gasteiger partial charge in [0.1, 0.15) is 6.04 Å². The number of nitrogens with zero attached hydrogens (tertiary/aromatic N) is 1. The van der Waals surface area contributed by atoms with Crippen molar-refractivity contribution >= 4 is 27.8 Å². The van der Waals surface area contributed by atoms with Crippen LogP contribution in [0.5, 0.6) is 0 Å². The van der Waals surface area contributed by atoms with E-state index < -0.39 is 40.0 Å². The Bertz CT molecular complexity index is 943. The van der Waals surface area contributed by atoms with Crippen molar-refractivity contribution in [2.24, 2.45) is 5.92 Å². The van der Waals surface area contributed by atoms with Crippen molar-refractivity contribution in [1.82, 2.24) is 14.9 Å². The fourth-order valence-electron chi connectivity index (χ4n) is 3.15. The summed E-state index contributed by atoms with van der Waals surface area (Å²) in [5.41, 5.74) is 0.0940. The molecule has 1 fully saturated rings. The van der Waals surface area contributed by atoms with Crippen molar-refractivity contribution in [2.75, 3.05) is 32.8 Å². The number of morpholine rings is 1. The minimum absolute atomic E-state index is 0.0121. The first kappa shape index (κ1) is 26.7. The van der Waals surface area contributed by atoms with Crippen LogP contribution in [0, 0.1) is 5.92 Å². The summed E-state index contributed by atoms with van der Waals surface area (Å²) in [7, 11) is -3.78. The Labute approximate surface area is 195 Å². The van der Waals surface area contributed by atoms with Crippen molar-refractivity contribution in [1.29, 1.82) is 0 Å². The van der Waals surface area contributed by atoms with Crippen molar-refractivity contribution < 1.29 is 32.3 Å². The van der Waals surface area contributed by atoms with E-state index in [1.165, 1.54) is 35.5 Å². The molecular formula is C22H33N3O7S. The highest BCUT2D eigenvalue weighted by molar-refractivity contribution is 7.89. The lowest BCUT2D eigenvalue weighted by Crippen LogP contribution is -2.47. The van der Waals surface area contributed by atoms with Gasteiger partial charge in [-0.3, -0.25) is 9.59 Å². The standard InChI is InChI=1S/C22H33N3O7S/c1-5-9-23-20(26)16(4)32-22(28)19(15(2)3)24-21(27)17-7-6-8-18(14-17)33(29,30)25-10-12-31-13-11-25/h6-8,14-16,19H,5,9-13H2,1-4H3,(H,23,26)(H,24,27)/t16?,19-/m0/s1. The van der Waals surface area contributed by atoms with Crippen molar-refractivity contribution in [2.45, 2.75) is 51.2 Å². The molecule has 33 heavy (non-hydrogen) atoms. The Kier molecular flexibility index (Phi) is 9.81. The van der Waals surface area contributed by atoms with Crippen molar-refractivity contribution in [3.63, 3.8) is 0 Å². The third-order valence-electron chi connectivity index (χ3n) is 5.12. The third-order valence-corrected chi connectivity index (χ3v) is 7.02. The van der Waals surface area contributed by atoms with Crippen LogP contribution in [0.15, 0.2) is 29.2 Å². The maximum Gasteiger partial charge on any atom is 0.329 e. The molecule has 0 spiro atoms. The Balaban J connectivity index is 2.12. The van der Waals surface area contributed by atoms with E-state index in [9.17, 15) is 22.8 Å². The average molecular weight is 484 g/mol. The zero-order valence-electron chi connectivity index (χ0n) is 19.5. The minimum Gasteiger partial charge on any atom is -0.451 e. The van der Waals surface area contributed by atoms with Gasteiger partial charge in [0.15, 0.2) is 6.10 Å². The SMILES string of the molecule is CCCNC(=O)C(C)OC(=O)[C@@H](NC(=O)c1cccc(S(=O)(=O)N2CCOCC2)c1)C(C)C. The second-order valence-corrected chi connectivity index (χ2v) is 10.0. The van der Waals surface area contributed by atoms with Crippen LogP contribution in [0.1, 0.15) is 44.5 Å². The number of carbonyl (C=O) groups is 3. The molecule has 10 nitrogen and oxygen atoms in total. The summed E-state index contributed by atoms with van der Waals surface area (Å²) in [6.07, 6.45) is -0.263. The Morgan fingerprint density at radius 1 is 1.15 bits per heavy atom. The van der Waals surface area contributed by atoms with E-state index in [1.807, 2.05) is 6.92 Å². The molecule has 0 aromatic heterocycles. The summed E-state index contributed by atoms with van der Waals surface area (Å²) in [5.74, 6) is -2.10. The topological polar surface area (TPSA) is 131 Å². The molecule has 0 radical (unpaired) electrons. The van der Waals surface area contributed by atoms with Gasteiger partial charge in [-0.05, 0) is 37.5 Å². The number of esters is 1. The van der Waals surface area contributed by atoms with Crippen LogP contribution in [-0.4, -0.2) is 75.5 Å². The number of amides is 2. The molecule has 2 atom stereocenters. The van der Waals surface area contributed by atoms with E-state index in [2.05, 4.69) is 10.6 Å². The summed E-state index contributed by atoms with van der Waals surface area (Å²) in [5, 5.41) is 5.25. The molecule has 1 aromatic carbocycles. The molecule has 1 aliphatic heterocycles. The van der Waals surface area contributed by atoms with Crippen LogP contribution in [0.25, 0.3) is 0 Å². The van der Waals surface area contributed by atoms with Gasteiger partial charge in [-0.25, -0.2) is 13.2 Å². The summed E-state index contributed by atoms with van der Waals surface area (Å²) in [4.78, 5) is 37.5. The maximum absolute atomic E-state index is 12.9. The van der Waals surface area contributed by atoms with E-state index in [1.54, 1.807) is 13.8 Å². The minimum atomic E-state index is -3.78. The molecular weight excluding hydrogens is 450 g/mol. The Morgan fingerprint density at radius 2 is 1.82 bits per heavy atom. The van der Waals surface area contributed by atoms with Gasteiger partial charge < -0.3 is 20.1 Å². The average Bonchev–Trinajstić information content (AvgIpc) is 2.80. The number of sulfonamides is 1. The second kappa shape index (κ2) is 12.1. The van der Waals surface area contributed by atoms with Gasteiger partial charge in [-0.2, -0.15) is 4.31 Å². The van der Waals surface area contributed by atoms with Crippen LogP contribution < -0.4 is 10.6 Å². The molecule has 2 amide bonds. The van der Waals surface area contributed by atoms with Gasteiger partial charge in [-0.15, -0.1) is 0 Å². The first-order chi connectivity index (χ1) is 15.6. The number of benzene rings is 1. The lowest BCUT2D eigenvalue weighted by molar-refractivity contribution is -0.157. The zero-order valence-corrected chi connectivity index (χ0v) is 20.3. The summed E-state index contributed by atoms with van der Waals surface area (Å²) in [6.45, 7) is 8.40. The highest BCUT2D eigenvalue weighted by Crippen LogP contribution is 2.19. The maximum atomic E-state index is 12.9. The normalized spacial score (nSPS) is 16.6. The number of hydrogen-bond acceptors (Lipinski definition) is 7. The van der Waals surface area contributed by atoms with E-state index in [-0.39, 0.29) is 29.5 Å². The van der Waals surface area contributed by atoms with Crippen LogP contribution in [0.3, 0.4) is 0 Å². The molecule has 0 saturated carbocycles. The summed E-state index contributed by atoms with van der Waals surface area (Å²) < 4.78 is 37.5. The molecule has 2 N–H and O–H groups in total. The smallest absolute Gasteiger partial charge is 0.329 e. The van der Waals surface area contributed by atoms with E-state index in [4.69, 9.17) is 9.47 Å². The van der Waals surface area contributed by atoms with Crippen LogP contribution in [0.2, 0.25) is 0 Å². The molecule has 1 aromatic rings. The fraction of sp³-hybridized carbons (Fsp3) is 0.591. The lowest BCUT2D eigenvalue weighted by atomic mass is 10.0. The predicted octanol–water partition coefficient (Wildman–Crippen LogP) is 0.920. The summed E-state index contributed by atoms with van der Waals surface area (Å²) in [6, 6.07) is 4.64. The van der Waals surface area contributed by atoms with E-state index in [0.29, 0.717) is 19.8 Å². The van der Waals surface area contributed by atoms with Gasteiger partial charge in [0, 0.05) is 25.2 Å². The summed E-state index contributed by atoms with van der Waals surface area (Å²) >= 11 is 0. The van der Waals surface area contributed by atoms with Crippen molar-refractivity contribution in [3.8, 4) is 0 Å². The highest BCUT2D eigenvalue weighted by Gasteiger charge is 2.30. The van der Waals surface area contributed by atoms with Gasteiger partial charge >= 0.3 is 5.97 Å². The quantitative estimate of drug-likeness (QED) is 0.473. The molecule has 0 bridgehead atoms. The van der Waals surface area contributed by atoms with Gasteiger partial charge in [0.25, 0.3) is 11.8 Å². The number of hydrogen-bond donors (Lipinski definition) is 2. The van der Waals surface area contributed by atoms with Crippen LogP contribution in [-0.2, 0) is 29.1 Å². The highest BCUT2D eigenvalue weighted by atomic mass is 32.2. The molecule has 1 aliphatic rings. The number of rotatable bonds is 10. The Hall–Kier alpha value is -2.50. The van der Waals surface area contributed by atoms with E-state index >= 15 is 0 Å². The molecule has 1 saturated heterocycles. The fourth-order valence-corrected chi connectivity index (χ4v) is 4.60.